The van der Waals surface area contributed by atoms with Crippen LogP contribution in [0.3, 0.4) is 0 Å². The van der Waals surface area contributed by atoms with Crippen molar-refractivity contribution >= 4 is 0 Å². The summed E-state index contributed by atoms with van der Waals surface area (Å²) in [6, 6.07) is 0.298. The standard InChI is InChI=1S/C10H14F3N3O/c11-10(12,13)7-14-3-4-15-5-6-16(9(15)17)8-1-2-8/h5-6,8,14H,1-4,7H2. The highest BCUT2D eigenvalue weighted by Gasteiger charge is 2.27. The second kappa shape index (κ2) is 4.56. The monoisotopic (exact) mass is 249 g/mol. The average molecular weight is 249 g/mol. The van der Waals surface area contributed by atoms with Crippen LogP contribution in [0.1, 0.15) is 18.9 Å². The van der Waals surface area contributed by atoms with Crippen molar-refractivity contribution in [3.63, 3.8) is 0 Å². The highest BCUT2D eigenvalue weighted by molar-refractivity contribution is 4.91. The molecule has 7 heteroatoms. The molecule has 0 unspecified atom stereocenters. The highest BCUT2D eigenvalue weighted by atomic mass is 19.4. The summed E-state index contributed by atoms with van der Waals surface area (Å²) in [5.74, 6) is 0. The molecular weight excluding hydrogens is 235 g/mol. The first-order valence-electron chi connectivity index (χ1n) is 5.52. The van der Waals surface area contributed by atoms with Crippen LogP contribution in [0, 0.1) is 0 Å². The fourth-order valence-electron chi connectivity index (χ4n) is 1.66. The number of nitrogens with zero attached hydrogens (tertiary/aromatic N) is 2. The molecule has 4 nitrogen and oxygen atoms in total. The molecule has 2 rings (SSSR count). The quantitative estimate of drug-likeness (QED) is 0.795. The van der Waals surface area contributed by atoms with Gasteiger partial charge in [0, 0.05) is 31.5 Å². The zero-order valence-electron chi connectivity index (χ0n) is 9.20. The van der Waals surface area contributed by atoms with Crippen LogP contribution in [0.15, 0.2) is 17.2 Å². The number of aromatic nitrogens is 2. The van der Waals surface area contributed by atoms with Gasteiger partial charge >= 0.3 is 11.9 Å². The van der Waals surface area contributed by atoms with Gasteiger partial charge in [-0.1, -0.05) is 0 Å². The summed E-state index contributed by atoms with van der Waals surface area (Å²) in [5, 5.41) is 2.26. The van der Waals surface area contributed by atoms with E-state index >= 15 is 0 Å². The van der Waals surface area contributed by atoms with Crippen molar-refractivity contribution in [2.24, 2.45) is 0 Å². The first-order valence-corrected chi connectivity index (χ1v) is 5.52. The van der Waals surface area contributed by atoms with Crippen molar-refractivity contribution in [1.29, 1.82) is 0 Å². The summed E-state index contributed by atoms with van der Waals surface area (Å²) in [5.41, 5.74) is -0.138. The predicted molar refractivity (Wildman–Crippen MR) is 55.9 cm³/mol. The van der Waals surface area contributed by atoms with Gasteiger partial charge in [0.05, 0.1) is 6.54 Å². The Morgan fingerprint density at radius 2 is 2.06 bits per heavy atom. The number of nitrogens with one attached hydrogen (secondary N) is 1. The molecule has 96 valence electrons. The van der Waals surface area contributed by atoms with Gasteiger partial charge in [-0.25, -0.2) is 4.79 Å². The maximum atomic E-state index is 11.8. The van der Waals surface area contributed by atoms with E-state index in [9.17, 15) is 18.0 Å². The van der Waals surface area contributed by atoms with Crippen LogP contribution in [0.2, 0.25) is 0 Å². The molecule has 0 spiro atoms. The van der Waals surface area contributed by atoms with Crippen molar-refractivity contribution in [2.75, 3.05) is 13.1 Å². The molecule has 1 N–H and O–H groups in total. The van der Waals surface area contributed by atoms with Crippen LogP contribution >= 0.6 is 0 Å². The Morgan fingerprint density at radius 3 is 2.65 bits per heavy atom. The van der Waals surface area contributed by atoms with Crippen molar-refractivity contribution in [2.45, 2.75) is 31.6 Å². The van der Waals surface area contributed by atoms with Gasteiger partial charge in [0.1, 0.15) is 0 Å². The Hall–Kier alpha value is -1.24. The van der Waals surface area contributed by atoms with E-state index in [1.807, 2.05) is 0 Å². The molecule has 0 radical (unpaired) electrons. The van der Waals surface area contributed by atoms with E-state index in [2.05, 4.69) is 5.32 Å². The summed E-state index contributed by atoms with van der Waals surface area (Å²) >= 11 is 0. The average Bonchev–Trinajstić information content (AvgIpc) is 2.99. The molecule has 0 aromatic carbocycles. The fraction of sp³-hybridized carbons (Fsp3) is 0.700. The van der Waals surface area contributed by atoms with E-state index < -0.39 is 12.7 Å². The Bertz CT molecular complexity index is 431. The van der Waals surface area contributed by atoms with Crippen molar-refractivity contribution in [3.05, 3.63) is 22.9 Å². The second-order valence-corrected chi connectivity index (χ2v) is 4.20. The molecule has 0 atom stereocenters. The number of halogens is 3. The molecule has 0 amide bonds. The predicted octanol–water partition coefficient (Wildman–Crippen LogP) is 1.14. The molecular formula is C10H14F3N3O. The van der Waals surface area contributed by atoms with Gasteiger partial charge in [-0.3, -0.25) is 9.13 Å². The molecule has 0 saturated heterocycles. The van der Waals surface area contributed by atoms with Crippen LogP contribution in [-0.4, -0.2) is 28.4 Å². The third-order valence-corrected chi connectivity index (χ3v) is 2.67. The summed E-state index contributed by atoms with van der Waals surface area (Å²) < 4.78 is 38.6. The van der Waals surface area contributed by atoms with Crippen molar-refractivity contribution in [1.82, 2.24) is 14.5 Å². The van der Waals surface area contributed by atoms with Crippen LogP contribution in [0.25, 0.3) is 0 Å². The third-order valence-electron chi connectivity index (χ3n) is 2.67. The smallest absolute Gasteiger partial charge is 0.307 e. The Kier molecular flexibility index (Phi) is 3.28. The van der Waals surface area contributed by atoms with Gasteiger partial charge in [-0.2, -0.15) is 13.2 Å². The Balaban J connectivity index is 1.81. The maximum Gasteiger partial charge on any atom is 0.401 e. The van der Waals surface area contributed by atoms with E-state index in [4.69, 9.17) is 0 Å². The van der Waals surface area contributed by atoms with E-state index in [1.165, 1.54) is 4.57 Å². The highest BCUT2D eigenvalue weighted by Crippen LogP contribution is 2.33. The van der Waals surface area contributed by atoms with Gasteiger partial charge in [-0.05, 0) is 12.8 Å². The molecule has 1 fully saturated rings. The molecule has 1 aromatic heterocycles. The van der Waals surface area contributed by atoms with Crippen molar-refractivity contribution < 1.29 is 13.2 Å². The van der Waals surface area contributed by atoms with Crippen LogP contribution < -0.4 is 11.0 Å². The summed E-state index contributed by atoms with van der Waals surface area (Å²) in [6.45, 7) is -0.631. The number of rotatable bonds is 5. The summed E-state index contributed by atoms with van der Waals surface area (Å²) in [6.07, 6.45) is 1.14. The Morgan fingerprint density at radius 1 is 1.35 bits per heavy atom. The number of hydrogen-bond donors (Lipinski definition) is 1. The normalized spacial score (nSPS) is 16.4. The third kappa shape index (κ3) is 3.36. The number of alkyl halides is 3. The molecule has 0 bridgehead atoms. The van der Waals surface area contributed by atoms with Crippen LogP contribution in [0.5, 0.6) is 0 Å². The largest absolute Gasteiger partial charge is 0.401 e. The zero-order chi connectivity index (χ0) is 12.5. The number of imidazole rings is 1. The van der Waals surface area contributed by atoms with Gasteiger partial charge in [0.25, 0.3) is 0 Å². The zero-order valence-corrected chi connectivity index (χ0v) is 9.20. The molecule has 1 heterocycles. The van der Waals surface area contributed by atoms with Crippen molar-refractivity contribution in [3.8, 4) is 0 Å². The first-order chi connectivity index (χ1) is 7.97. The minimum absolute atomic E-state index is 0.133. The molecule has 1 saturated carbocycles. The second-order valence-electron chi connectivity index (χ2n) is 4.20. The molecule has 17 heavy (non-hydrogen) atoms. The number of hydrogen-bond acceptors (Lipinski definition) is 2. The van der Waals surface area contributed by atoms with E-state index in [0.29, 0.717) is 6.04 Å². The van der Waals surface area contributed by atoms with E-state index in [-0.39, 0.29) is 18.8 Å². The summed E-state index contributed by atoms with van der Waals surface area (Å²) in [4.78, 5) is 11.7. The topological polar surface area (TPSA) is 39.0 Å². The molecule has 0 aliphatic heterocycles. The van der Waals surface area contributed by atoms with Gasteiger partial charge < -0.3 is 5.32 Å². The molecule has 1 aliphatic carbocycles. The van der Waals surface area contributed by atoms with E-state index in [0.717, 1.165) is 12.8 Å². The maximum absolute atomic E-state index is 11.8. The van der Waals surface area contributed by atoms with E-state index in [1.54, 1.807) is 17.0 Å². The van der Waals surface area contributed by atoms with Gasteiger partial charge in [-0.15, -0.1) is 0 Å². The first kappa shape index (κ1) is 12.2. The minimum atomic E-state index is -4.20. The van der Waals surface area contributed by atoms with Crippen LogP contribution in [-0.2, 0) is 6.54 Å². The van der Waals surface area contributed by atoms with Crippen LogP contribution in [0.4, 0.5) is 13.2 Å². The SMILES string of the molecule is O=c1n(CCNCC(F)(F)F)ccn1C1CC1. The fourth-order valence-corrected chi connectivity index (χ4v) is 1.66. The lowest BCUT2D eigenvalue weighted by molar-refractivity contribution is -0.124. The Labute approximate surface area is 96.0 Å². The molecule has 1 aliphatic rings. The lowest BCUT2D eigenvalue weighted by Crippen LogP contribution is -2.33. The molecule has 1 aromatic rings. The van der Waals surface area contributed by atoms with Gasteiger partial charge in [0.2, 0.25) is 0 Å². The van der Waals surface area contributed by atoms with Gasteiger partial charge in [0.15, 0.2) is 0 Å². The lowest BCUT2D eigenvalue weighted by atomic mass is 10.5. The lowest BCUT2D eigenvalue weighted by Gasteiger charge is -2.07. The summed E-state index contributed by atoms with van der Waals surface area (Å²) in [7, 11) is 0. The minimum Gasteiger partial charge on any atom is -0.307 e.